The Balaban J connectivity index is 3.39. The van der Waals surface area contributed by atoms with Gasteiger partial charge in [0.2, 0.25) is 0 Å². The standard InChI is InChI=1S/C7H16N2/c1-6(8)9-5-7(2,3)4/h9H,1,5,8H2,2-4H3. The first-order chi connectivity index (χ1) is 3.92. The molecular formula is C7H16N2. The molecule has 3 N–H and O–H groups in total. The van der Waals surface area contributed by atoms with Crippen molar-refractivity contribution in [2.75, 3.05) is 6.54 Å². The molecule has 0 aliphatic carbocycles. The normalized spacial score (nSPS) is 11.0. The van der Waals surface area contributed by atoms with Gasteiger partial charge in [0.05, 0.1) is 5.82 Å². The van der Waals surface area contributed by atoms with E-state index in [2.05, 4.69) is 32.7 Å². The van der Waals surface area contributed by atoms with Crippen LogP contribution in [0.15, 0.2) is 12.4 Å². The van der Waals surface area contributed by atoms with Crippen LogP contribution in [0.25, 0.3) is 0 Å². The summed E-state index contributed by atoms with van der Waals surface area (Å²) in [4.78, 5) is 0. The molecule has 0 aromatic carbocycles. The third-order valence-corrected chi connectivity index (χ3v) is 0.846. The topological polar surface area (TPSA) is 38.0 Å². The van der Waals surface area contributed by atoms with Gasteiger partial charge in [-0.3, -0.25) is 0 Å². The van der Waals surface area contributed by atoms with Crippen LogP contribution in [0.2, 0.25) is 0 Å². The van der Waals surface area contributed by atoms with Crippen LogP contribution < -0.4 is 11.1 Å². The summed E-state index contributed by atoms with van der Waals surface area (Å²) in [6.45, 7) is 10.8. The molecule has 2 nitrogen and oxygen atoms in total. The molecule has 2 heteroatoms. The van der Waals surface area contributed by atoms with Gasteiger partial charge in [-0.15, -0.1) is 0 Å². The third-order valence-electron chi connectivity index (χ3n) is 0.846. The second kappa shape index (κ2) is 2.76. The van der Waals surface area contributed by atoms with Crippen LogP contribution in [0.5, 0.6) is 0 Å². The summed E-state index contributed by atoms with van der Waals surface area (Å²) in [6, 6.07) is 0. The summed E-state index contributed by atoms with van der Waals surface area (Å²) >= 11 is 0. The van der Waals surface area contributed by atoms with Crippen molar-refractivity contribution in [2.24, 2.45) is 11.1 Å². The largest absolute Gasteiger partial charge is 0.386 e. The molecule has 0 fully saturated rings. The highest BCUT2D eigenvalue weighted by Gasteiger charge is 2.08. The average Bonchev–Trinajstić information content (AvgIpc) is 1.59. The van der Waals surface area contributed by atoms with Gasteiger partial charge in [0.25, 0.3) is 0 Å². The van der Waals surface area contributed by atoms with Gasteiger partial charge < -0.3 is 11.1 Å². The summed E-state index contributed by atoms with van der Waals surface area (Å²) < 4.78 is 0. The van der Waals surface area contributed by atoms with E-state index >= 15 is 0 Å². The van der Waals surface area contributed by atoms with E-state index in [9.17, 15) is 0 Å². The zero-order valence-electron chi connectivity index (χ0n) is 6.49. The van der Waals surface area contributed by atoms with Crippen molar-refractivity contribution >= 4 is 0 Å². The lowest BCUT2D eigenvalue weighted by Gasteiger charge is -2.18. The summed E-state index contributed by atoms with van der Waals surface area (Å²) in [5.41, 5.74) is 5.57. The van der Waals surface area contributed by atoms with E-state index in [1.807, 2.05) is 0 Å². The molecule has 0 saturated carbocycles. The molecule has 0 amide bonds. The first kappa shape index (κ1) is 8.34. The molecule has 0 radical (unpaired) electrons. The van der Waals surface area contributed by atoms with E-state index in [1.165, 1.54) is 0 Å². The smallest absolute Gasteiger partial charge is 0.0886 e. The maximum absolute atomic E-state index is 5.29. The Kier molecular flexibility index (Phi) is 2.56. The van der Waals surface area contributed by atoms with Crippen LogP contribution in [0, 0.1) is 5.41 Å². The Morgan fingerprint density at radius 2 is 2.00 bits per heavy atom. The minimum absolute atomic E-state index is 0.280. The lowest BCUT2D eigenvalue weighted by Crippen LogP contribution is -2.28. The molecule has 0 aliphatic rings. The second-order valence-corrected chi connectivity index (χ2v) is 3.44. The van der Waals surface area contributed by atoms with Crippen molar-refractivity contribution in [1.29, 1.82) is 0 Å². The van der Waals surface area contributed by atoms with E-state index < -0.39 is 0 Å². The molecule has 0 rings (SSSR count). The molecule has 0 bridgehead atoms. The molecule has 0 aromatic heterocycles. The summed E-state index contributed by atoms with van der Waals surface area (Å²) in [6.07, 6.45) is 0. The number of nitrogens with two attached hydrogens (primary N) is 1. The Bertz CT molecular complexity index is 100.0. The summed E-state index contributed by atoms with van der Waals surface area (Å²) in [7, 11) is 0. The molecule has 0 aliphatic heterocycles. The Morgan fingerprint density at radius 1 is 1.56 bits per heavy atom. The van der Waals surface area contributed by atoms with E-state index in [1.54, 1.807) is 0 Å². The van der Waals surface area contributed by atoms with Crippen molar-refractivity contribution in [3.05, 3.63) is 12.4 Å². The maximum Gasteiger partial charge on any atom is 0.0886 e. The predicted molar refractivity (Wildman–Crippen MR) is 40.8 cm³/mol. The van der Waals surface area contributed by atoms with Gasteiger partial charge in [-0.2, -0.15) is 0 Å². The Labute approximate surface area is 57.1 Å². The minimum atomic E-state index is 0.280. The van der Waals surface area contributed by atoms with E-state index in [-0.39, 0.29) is 5.41 Å². The lowest BCUT2D eigenvalue weighted by molar-refractivity contribution is 0.396. The van der Waals surface area contributed by atoms with E-state index in [0.29, 0.717) is 5.82 Å². The first-order valence-electron chi connectivity index (χ1n) is 3.10. The summed E-state index contributed by atoms with van der Waals surface area (Å²) in [5.74, 6) is 0.546. The zero-order chi connectivity index (χ0) is 7.49. The van der Waals surface area contributed by atoms with E-state index in [4.69, 9.17) is 5.73 Å². The van der Waals surface area contributed by atoms with Gasteiger partial charge in [0.15, 0.2) is 0 Å². The fourth-order valence-corrected chi connectivity index (χ4v) is 0.379. The molecule has 0 spiro atoms. The first-order valence-corrected chi connectivity index (χ1v) is 3.10. The molecule has 54 valence electrons. The van der Waals surface area contributed by atoms with Crippen molar-refractivity contribution in [3.63, 3.8) is 0 Å². The molecular weight excluding hydrogens is 112 g/mol. The van der Waals surface area contributed by atoms with Crippen LogP contribution in [-0.4, -0.2) is 6.54 Å². The highest BCUT2D eigenvalue weighted by molar-refractivity contribution is 4.84. The van der Waals surface area contributed by atoms with Gasteiger partial charge in [-0.05, 0) is 5.41 Å². The van der Waals surface area contributed by atoms with Gasteiger partial charge in [0, 0.05) is 6.54 Å². The fourth-order valence-electron chi connectivity index (χ4n) is 0.379. The van der Waals surface area contributed by atoms with Gasteiger partial charge in [0.1, 0.15) is 0 Å². The van der Waals surface area contributed by atoms with Crippen LogP contribution in [-0.2, 0) is 0 Å². The third kappa shape index (κ3) is 7.34. The Hall–Kier alpha value is -0.660. The highest BCUT2D eigenvalue weighted by atomic mass is 15.0. The monoisotopic (exact) mass is 128 g/mol. The van der Waals surface area contributed by atoms with Crippen LogP contribution in [0.3, 0.4) is 0 Å². The predicted octanol–water partition coefficient (Wildman–Crippen LogP) is 1.05. The van der Waals surface area contributed by atoms with Crippen LogP contribution in [0.4, 0.5) is 0 Å². The summed E-state index contributed by atoms with van der Waals surface area (Å²) in [5, 5.41) is 2.97. The fraction of sp³-hybridized carbons (Fsp3) is 0.714. The molecule has 0 heterocycles. The van der Waals surface area contributed by atoms with Crippen molar-refractivity contribution in [2.45, 2.75) is 20.8 Å². The van der Waals surface area contributed by atoms with Crippen molar-refractivity contribution < 1.29 is 0 Å². The zero-order valence-corrected chi connectivity index (χ0v) is 6.49. The number of hydrogen-bond donors (Lipinski definition) is 2. The lowest BCUT2D eigenvalue weighted by atomic mass is 9.97. The quantitative estimate of drug-likeness (QED) is 0.583. The van der Waals surface area contributed by atoms with Crippen molar-refractivity contribution in [1.82, 2.24) is 5.32 Å². The molecule has 0 aromatic rings. The number of nitrogens with one attached hydrogen (secondary N) is 1. The van der Waals surface area contributed by atoms with Gasteiger partial charge >= 0.3 is 0 Å². The van der Waals surface area contributed by atoms with Crippen molar-refractivity contribution in [3.8, 4) is 0 Å². The average molecular weight is 128 g/mol. The van der Waals surface area contributed by atoms with Crippen LogP contribution in [0.1, 0.15) is 20.8 Å². The molecule has 0 atom stereocenters. The minimum Gasteiger partial charge on any atom is -0.386 e. The number of rotatable bonds is 2. The molecule has 9 heavy (non-hydrogen) atoms. The van der Waals surface area contributed by atoms with E-state index in [0.717, 1.165) is 6.54 Å². The van der Waals surface area contributed by atoms with Gasteiger partial charge in [-0.25, -0.2) is 0 Å². The molecule has 0 unspecified atom stereocenters. The number of hydrogen-bond acceptors (Lipinski definition) is 2. The SMILES string of the molecule is C=C(N)NCC(C)(C)C. The highest BCUT2D eigenvalue weighted by Crippen LogP contribution is 2.10. The molecule has 0 saturated heterocycles. The van der Waals surface area contributed by atoms with Gasteiger partial charge in [-0.1, -0.05) is 27.4 Å². The maximum atomic E-state index is 5.29. The second-order valence-electron chi connectivity index (χ2n) is 3.44. The van der Waals surface area contributed by atoms with Crippen LogP contribution >= 0.6 is 0 Å². The Morgan fingerprint density at radius 3 is 2.11 bits per heavy atom.